The number of rotatable bonds is 6. The first kappa shape index (κ1) is 17.9. The monoisotopic (exact) mass is 327 g/mol. The van der Waals surface area contributed by atoms with Gasteiger partial charge in [-0.25, -0.2) is 8.78 Å². The minimum absolute atomic E-state index is 0.143. The third kappa shape index (κ3) is 5.30. The summed E-state index contributed by atoms with van der Waals surface area (Å²) >= 11 is 0. The molecular weight excluding hydrogens is 300 g/mol. The fourth-order valence-corrected chi connectivity index (χ4v) is 3.14. The maximum absolute atomic E-state index is 13.4. The lowest BCUT2D eigenvalue weighted by Gasteiger charge is -2.26. The number of halogens is 2. The Kier molecular flexibility index (Phi) is 7.02. The summed E-state index contributed by atoms with van der Waals surface area (Å²) in [7, 11) is 0. The molecule has 1 aliphatic carbocycles. The lowest BCUT2D eigenvalue weighted by atomic mass is 9.87. The molecule has 1 saturated heterocycles. The number of nitrogens with two attached hydrogens (primary N) is 1. The van der Waals surface area contributed by atoms with Gasteiger partial charge in [-0.3, -0.25) is 4.99 Å². The molecule has 0 amide bonds. The van der Waals surface area contributed by atoms with Gasteiger partial charge in [0.2, 0.25) is 0 Å². The lowest BCUT2D eigenvalue weighted by Crippen LogP contribution is -2.31. The Labute approximate surface area is 136 Å². The Morgan fingerprint density at radius 3 is 2.43 bits per heavy atom. The highest BCUT2D eigenvalue weighted by atomic mass is 19.3. The predicted molar refractivity (Wildman–Crippen MR) is 88.2 cm³/mol. The molecule has 1 heterocycles. The van der Waals surface area contributed by atoms with Crippen LogP contribution >= 0.6 is 0 Å². The predicted octanol–water partition coefficient (Wildman–Crippen LogP) is 3.70. The van der Waals surface area contributed by atoms with E-state index in [1.807, 2.05) is 0 Å². The van der Waals surface area contributed by atoms with Gasteiger partial charge in [-0.1, -0.05) is 25.8 Å². The number of nitrogens with one attached hydrogen (secondary N) is 1. The van der Waals surface area contributed by atoms with Crippen LogP contribution in [0.25, 0.3) is 0 Å². The standard InChI is InChI=1S/C17H27F2N3O/c1-12(13-7-3-2-4-8-13)21-14(11-20)16(17(18)19)22-15-9-5-6-10-23-15/h11,13,15,17,21H,1-10,20H2. The SMILES string of the molecule is C=C(NC(=CN)C(=NC1CCCCO1)C(F)F)C1CCCCC1. The van der Waals surface area contributed by atoms with Crippen LogP contribution in [0.1, 0.15) is 51.4 Å². The number of nitrogens with zero attached hydrogens (tertiary/aromatic N) is 1. The van der Waals surface area contributed by atoms with Crippen LogP contribution in [0.5, 0.6) is 0 Å². The molecule has 0 aromatic carbocycles. The molecule has 1 unspecified atom stereocenters. The minimum Gasteiger partial charge on any atom is -0.403 e. The van der Waals surface area contributed by atoms with Crippen molar-refractivity contribution in [1.82, 2.24) is 5.32 Å². The second-order valence-electron chi connectivity index (χ2n) is 6.20. The second kappa shape index (κ2) is 9.01. The van der Waals surface area contributed by atoms with Crippen molar-refractivity contribution < 1.29 is 13.5 Å². The van der Waals surface area contributed by atoms with E-state index in [9.17, 15) is 8.78 Å². The van der Waals surface area contributed by atoms with E-state index in [1.54, 1.807) is 0 Å². The van der Waals surface area contributed by atoms with E-state index in [-0.39, 0.29) is 11.4 Å². The number of hydrogen-bond donors (Lipinski definition) is 2. The highest BCUT2D eigenvalue weighted by molar-refractivity contribution is 6.02. The van der Waals surface area contributed by atoms with E-state index in [4.69, 9.17) is 10.5 Å². The number of aliphatic imine (C=N–C) groups is 1. The summed E-state index contributed by atoms with van der Waals surface area (Å²) in [5, 5.41) is 2.98. The number of hydrogen-bond acceptors (Lipinski definition) is 4. The van der Waals surface area contributed by atoms with Crippen molar-refractivity contribution in [2.45, 2.75) is 64.0 Å². The van der Waals surface area contributed by atoms with Gasteiger partial charge in [0.1, 0.15) is 11.9 Å². The van der Waals surface area contributed by atoms with Crippen molar-refractivity contribution >= 4 is 5.71 Å². The maximum atomic E-state index is 13.4. The highest BCUT2D eigenvalue weighted by Crippen LogP contribution is 2.28. The average molecular weight is 327 g/mol. The smallest absolute Gasteiger partial charge is 0.282 e. The molecule has 130 valence electrons. The zero-order valence-corrected chi connectivity index (χ0v) is 13.6. The Bertz CT molecular complexity index is 451. The van der Waals surface area contributed by atoms with Gasteiger partial charge in [-0.2, -0.15) is 0 Å². The molecule has 0 aromatic rings. The van der Waals surface area contributed by atoms with E-state index in [0.717, 1.165) is 50.4 Å². The molecule has 0 radical (unpaired) electrons. The Hall–Kier alpha value is -1.43. The Morgan fingerprint density at radius 2 is 1.87 bits per heavy atom. The van der Waals surface area contributed by atoms with E-state index in [1.165, 1.54) is 6.42 Å². The van der Waals surface area contributed by atoms with Gasteiger partial charge in [0.25, 0.3) is 6.43 Å². The van der Waals surface area contributed by atoms with Gasteiger partial charge >= 0.3 is 0 Å². The zero-order chi connectivity index (χ0) is 16.7. The highest BCUT2D eigenvalue weighted by Gasteiger charge is 2.24. The van der Waals surface area contributed by atoms with Crippen molar-refractivity contribution in [3.63, 3.8) is 0 Å². The van der Waals surface area contributed by atoms with E-state index in [2.05, 4.69) is 16.9 Å². The van der Waals surface area contributed by atoms with Crippen LogP contribution in [-0.4, -0.2) is 25.0 Å². The van der Waals surface area contributed by atoms with Crippen LogP contribution < -0.4 is 11.1 Å². The molecule has 23 heavy (non-hydrogen) atoms. The fraction of sp³-hybridized carbons (Fsp3) is 0.706. The molecule has 4 nitrogen and oxygen atoms in total. The first-order valence-corrected chi connectivity index (χ1v) is 8.47. The van der Waals surface area contributed by atoms with Crippen molar-refractivity contribution in [2.24, 2.45) is 16.6 Å². The summed E-state index contributed by atoms with van der Waals surface area (Å²) in [4.78, 5) is 4.10. The maximum Gasteiger partial charge on any atom is 0.282 e. The third-order valence-corrected chi connectivity index (χ3v) is 4.48. The Balaban J connectivity index is 2.05. The summed E-state index contributed by atoms with van der Waals surface area (Å²) in [5.74, 6) is 0.309. The van der Waals surface area contributed by atoms with Crippen LogP contribution in [-0.2, 0) is 4.74 Å². The topological polar surface area (TPSA) is 59.6 Å². The van der Waals surface area contributed by atoms with Crippen LogP contribution in [0.2, 0.25) is 0 Å². The van der Waals surface area contributed by atoms with E-state index in [0.29, 0.717) is 18.9 Å². The summed E-state index contributed by atoms with van der Waals surface area (Å²) in [6.45, 7) is 4.58. The normalized spacial score (nSPS) is 24.7. The molecular formula is C17H27F2N3O. The molecule has 0 spiro atoms. The molecule has 2 aliphatic rings. The molecule has 3 N–H and O–H groups in total. The molecule has 1 atom stereocenters. The average Bonchev–Trinajstić information content (AvgIpc) is 2.59. The van der Waals surface area contributed by atoms with Gasteiger partial charge in [0.15, 0.2) is 0 Å². The molecule has 2 rings (SSSR count). The van der Waals surface area contributed by atoms with Crippen LogP contribution in [0.15, 0.2) is 29.2 Å². The van der Waals surface area contributed by atoms with Crippen LogP contribution in [0, 0.1) is 5.92 Å². The molecule has 0 bridgehead atoms. The second-order valence-corrected chi connectivity index (χ2v) is 6.20. The van der Waals surface area contributed by atoms with E-state index >= 15 is 0 Å². The van der Waals surface area contributed by atoms with Crippen molar-refractivity contribution in [2.75, 3.05) is 6.61 Å². The van der Waals surface area contributed by atoms with Gasteiger partial charge in [-0.05, 0) is 38.0 Å². The summed E-state index contributed by atoms with van der Waals surface area (Å²) in [6.07, 6.45) is 6.10. The first-order valence-electron chi connectivity index (χ1n) is 8.47. The number of ether oxygens (including phenoxy) is 1. The number of alkyl halides is 2. The number of allylic oxidation sites excluding steroid dienone is 2. The lowest BCUT2D eigenvalue weighted by molar-refractivity contribution is 0.0214. The molecule has 6 heteroatoms. The zero-order valence-electron chi connectivity index (χ0n) is 13.6. The third-order valence-electron chi connectivity index (χ3n) is 4.48. The first-order chi connectivity index (χ1) is 11.1. The van der Waals surface area contributed by atoms with Crippen molar-refractivity contribution in [1.29, 1.82) is 0 Å². The van der Waals surface area contributed by atoms with Gasteiger partial charge in [-0.15, -0.1) is 0 Å². The molecule has 0 aromatic heterocycles. The fourth-order valence-electron chi connectivity index (χ4n) is 3.14. The molecule has 1 saturated carbocycles. The summed E-state index contributed by atoms with van der Waals surface area (Å²) in [5.41, 5.74) is 6.13. The van der Waals surface area contributed by atoms with Crippen LogP contribution in [0.4, 0.5) is 8.78 Å². The molecule has 1 aliphatic heterocycles. The quantitative estimate of drug-likeness (QED) is 0.731. The summed E-state index contributed by atoms with van der Waals surface area (Å²) in [6, 6.07) is 0. The minimum atomic E-state index is -2.71. The van der Waals surface area contributed by atoms with E-state index < -0.39 is 12.7 Å². The van der Waals surface area contributed by atoms with Gasteiger partial charge < -0.3 is 15.8 Å². The molecule has 2 fully saturated rings. The largest absolute Gasteiger partial charge is 0.403 e. The Morgan fingerprint density at radius 1 is 1.17 bits per heavy atom. The van der Waals surface area contributed by atoms with Crippen molar-refractivity contribution in [3.05, 3.63) is 24.2 Å². The van der Waals surface area contributed by atoms with Gasteiger partial charge in [0.05, 0.1) is 5.70 Å². The van der Waals surface area contributed by atoms with Crippen molar-refractivity contribution in [3.8, 4) is 0 Å². The van der Waals surface area contributed by atoms with Gasteiger partial charge in [0, 0.05) is 18.5 Å². The van der Waals surface area contributed by atoms with Crippen LogP contribution in [0.3, 0.4) is 0 Å². The summed E-state index contributed by atoms with van der Waals surface area (Å²) < 4.78 is 32.3.